The zero-order chi connectivity index (χ0) is 12.3. The Morgan fingerprint density at radius 3 is 2.59 bits per heavy atom. The normalized spacial score (nSPS) is 35.6. The van der Waals surface area contributed by atoms with Gasteiger partial charge in [-0.05, 0) is 50.6 Å². The van der Waals surface area contributed by atoms with Crippen LogP contribution in [-0.2, 0) is 0 Å². The van der Waals surface area contributed by atoms with Crippen LogP contribution < -0.4 is 5.32 Å². The van der Waals surface area contributed by atoms with Crippen LogP contribution in [0.3, 0.4) is 0 Å². The fraction of sp³-hybridized carbons (Fsp3) is 1.00. The molecule has 2 aliphatic rings. The average molecular weight is 238 g/mol. The quantitative estimate of drug-likeness (QED) is 0.810. The molecule has 1 saturated carbocycles. The maximum Gasteiger partial charge on any atom is 0.0104 e. The first-order chi connectivity index (χ1) is 8.20. The Morgan fingerprint density at radius 1 is 1.18 bits per heavy atom. The highest BCUT2D eigenvalue weighted by atomic mass is 15.2. The minimum absolute atomic E-state index is 0.779. The number of nitrogens with one attached hydrogen (secondary N) is 1. The summed E-state index contributed by atoms with van der Waals surface area (Å²) < 4.78 is 0. The van der Waals surface area contributed by atoms with Crippen molar-refractivity contribution in [3.63, 3.8) is 0 Å². The maximum atomic E-state index is 3.54. The molecule has 0 aromatic carbocycles. The summed E-state index contributed by atoms with van der Waals surface area (Å²) in [5, 5.41) is 3.54. The molecule has 0 aromatic heterocycles. The molecule has 0 bridgehead atoms. The van der Waals surface area contributed by atoms with E-state index in [0.717, 1.165) is 23.8 Å². The van der Waals surface area contributed by atoms with Gasteiger partial charge in [-0.3, -0.25) is 0 Å². The SMILES string of the molecule is CNC1CCCCC1CN1CCC(C(C)C)C1. The van der Waals surface area contributed by atoms with Crippen molar-refractivity contribution in [1.29, 1.82) is 0 Å². The Balaban J connectivity index is 1.80. The van der Waals surface area contributed by atoms with Crippen LogP contribution in [-0.4, -0.2) is 37.6 Å². The molecular formula is C15H30N2. The molecule has 1 aliphatic heterocycles. The van der Waals surface area contributed by atoms with Crippen molar-refractivity contribution < 1.29 is 0 Å². The van der Waals surface area contributed by atoms with Gasteiger partial charge in [0.05, 0.1) is 0 Å². The fourth-order valence-corrected chi connectivity index (χ4v) is 3.71. The van der Waals surface area contributed by atoms with Gasteiger partial charge in [0.1, 0.15) is 0 Å². The average Bonchev–Trinajstić information content (AvgIpc) is 2.78. The van der Waals surface area contributed by atoms with Gasteiger partial charge in [0.25, 0.3) is 0 Å². The Bertz CT molecular complexity index is 227. The van der Waals surface area contributed by atoms with Crippen molar-refractivity contribution in [2.45, 2.75) is 52.0 Å². The van der Waals surface area contributed by atoms with Crippen molar-refractivity contribution in [3.05, 3.63) is 0 Å². The second-order valence-electron chi connectivity index (χ2n) is 6.49. The molecule has 2 fully saturated rings. The predicted molar refractivity (Wildman–Crippen MR) is 74.2 cm³/mol. The van der Waals surface area contributed by atoms with Gasteiger partial charge in [-0.2, -0.15) is 0 Å². The molecule has 3 unspecified atom stereocenters. The lowest BCUT2D eigenvalue weighted by molar-refractivity contribution is 0.187. The first kappa shape index (κ1) is 13.4. The van der Waals surface area contributed by atoms with Crippen molar-refractivity contribution in [2.24, 2.45) is 17.8 Å². The van der Waals surface area contributed by atoms with Gasteiger partial charge in [-0.25, -0.2) is 0 Å². The van der Waals surface area contributed by atoms with Crippen molar-refractivity contribution in [1.82, 2.24) is 10.2 Å². The highest BCUT2D eigenvalue weighted by Crippen LogP contribution is 2.29. The molecule has 0 amide bonds. The van der Waals surface area contributed by atoms with Crippen LogP contribution in [0.4, 0.5) is 0 Å². The molecular weight excluding hydrogens is 208 g/mol. The van der Waals surface area contributed by atoms with E-state index in [9.17, 15) is 0 Å². The summed E-state index contributed by atoms with van der Waals surface area (Å²) in [4.78, 5) is 2.73. The summed E-state index contributed by atoms with van der Waals surface area (Å²) in [6.45, 7) is 8.80. The molecule has 1 saturated heterocycles. The Labute approximate surface area is 107 Å². The molecule has 0 aromatic rings. The number of rotatable bonds is 4. The topological polar surface area (TPSA) is 15.3 Å². The Kier molecular flexibility index (Phi) is 4.87. The second-order valence-corrected chi connectivity index (χ2v) is 6.49. The molecule has 1 N–H and O–H groups in total. The molecule has 3 atom stereocenters. The molecule has 2 heteroatoms. The lowest BCUT2D eigenvalue weighted by Crippen LogP contribution is -2.42. The maximum absolute atomic E-state index is 3.54. The molecule has 17 heavy (non-hydrogen) atoms. The van der Waals surface area contributed by atoms with Gasteiger partial charge in [-0.1, -0.05) is 26.7 Å². The molecule has 1 aliphatic carbocycles. The van der Waals surface area contributed by atoms with E-state index in [1.165, 1.54) is 51.7 Å². The summed E-state index contributed by atoms with van der Waals surface area (Å²) in [6, 6.07) is 0.779. The minimum atomic E-state index is 0.779. The first-order valence-corrected chi connectivity index (χ1v) is 7.60. The van der Waals surface area contributed by atoms with Crippen LogP contribution in [0.2, 0.25) is 0 Å². The molecule has 0 spiro atoms. The number of likely N-dealkylation sites (tertiary alicyclic amines) is 1. The summed E-state index contributed by atoms with van der Waals surface area (Å²) in [7, 11) is 2.14. The molecule has 2 rings (SSSR count). The Morgan fingerprint density at radius 2 is 1.94 bits per heavy atom. The van der Waals surface area contributed by atoms with Gasteiger partial charge < -0.3 is 10.2 Å². The summed E-state index contributed by atoms with van der Waals surface area (Å²) in [5.41, 5.74) is 0. The summed E-state index contributed by atoms with van der Waals surface area (Å²) in [6.07, 6.45) is 7.13. The van der Waals surface area contributed by atoms with E-state index in [2.05, 4.69) is 31.1 Å². The van der Waals surface area contributed by atoms with Crippen LogP contribution in [0.25, 0.3) is 0 Å². The fourth-order valence-electron chi connectivity index (χ4n) is 3.71. The van der Waals surface area contributed by atoms with Crippen LogP contribution in [0, 0.1) is 17.8 Å². The lowest BCUT2D eigenvalue weighted by Gasteiger charge is -2.34. The summed E-state index contributed by atoms with van der Waals surface area (Å²) in [5.74, 6) is 2.72. The highest BCUT2D eigenvalue weighted by Gasteiger charge is 2.30. The molecule has 2 nitrogen and oxygen atoms in total. The predicted octanol–water partition coefficient (Wildman–Crippen LogP) is 2.74. The van der Waals surface area contributed by atoms with Crippen LogP contribution in [0.1, 0.15) is 46.0 Å². The van der Waals surface area contributed by atoms with Crippen LogP contribution in [0.5, 0.6) is 0 Å². The van der Waals surface area contributed by atoms with Crippen molar-refractivity contribution in [3.8, 4) is 0 Å². The standard InChI is InChI=1S/C15H30N2/c1-12(2)13-8-9-17(10-13)11-14-6-4-5-7-15(14)16-3/h12-16H,4-11H2,1-3H3. The van der Waals surface area contributed by atoms with Crippen molar-refractivity contribution >= 4 is 0 Å². The zero-order valence-corrected chi connectivity index (χ0v) is 11.9. The van der Waals surface area contributed by atoms with Gasteiger partial charge in [0.15, 0.2) is 0 Å². The number of hydrogen-bond donors (Lipinski definition) is 1. The van der Waals surface area contributed by atoms with Crippen LogP contribution >= 0.6 is 0 Å². The zero-order valence-electron chi connectivity index (χ0n) is 11.9. The smallest absolute Gasteiger partial charge is 0.0104 e. The Hall–Kier alpha value is -0.0800. The monoisotopic (exact) mass is 238 g/mol. The third kappa shape index (κ3) is 3.45. The first-order valence-electron chi connectivity index (χ1n) is 7.60. The molecule has 1 heterocycles. The highest BCUT2D eigenvalue weighted by molar-refractivity contribution is 4.85. The number of nitrogens with zero attached hydrogens (tertiary/aromatic N) is 1. The third-order valence-corrected chi connectivity index (χ3v) is 5.02. The molecule has 100 valence electrons. The lowest BCUT2D eigenvalue weighted by atomic mass is 9.84. The van der Waals surface area contributed by atoms with Crippen molar-refractivity contribution in [2.75, 3.05) is 26.7 Å². The van der Waals surface area contributed by atoms with E-state index in [1.54, 1.807) is 0 Å². The van der Waals surface area contributed by atoms with E-state index in [-0.39, 0.29) is 0 Å². The van der Waals surface area contributed by atoms with E-state index in [0.29, 0.717) is 0 Å². The van der Waals surface area contributed by atoms with E-state index >= 15 is 0 Å². The van der Waals surface area contributed by atoms with Gasteiger partial charge in [0.2, 0.25) is 0 Å². The minimum Gasteiger partial charge on any atom is -0.317 e. The van der Waals surface area contributed by atoms with Gasteiger partial charge in [-0.15, -0.1) is 0 Å². The van der Waals surface area contributed by atoms with Gasteiger partial charge in [0, 0.05) is 19.1 Å². The number of hydrogen-bond acceptors (Lipinski definition) is 2. The van der Waals surface area contributed by atoms with E-state index in [4.69, 9.17) is 0 Å². The third-order valence-electron chi connectivity index (χ3n) is 5.02. The van der Waals surface area contributed by atoms with Gasteiger partial charge >= 0.3 is 0 Å². The molecule has 0 radical (unpaired) electrons. The summed E-state index contributed by atoms with van der Waals surface area (Å²) >= 11 is 0. The largest absolute Gasteiger partial charge is 0.317 e. The van der Waals surface area contributed by atoms with Crippen LogP contribution in [0.15, 0.2) is 0 Å². The van der Waals surface area contributed by atoms with E-state index in [1.807, 2.05) is 0 Å². The van der Waals surface area contributed by atoms with E-state index < -0.39 is 0 Å². The second kappa shape index (κ2) is 6.19.